The second-order valence-electron chi connectivity index (χ2n) is 7.72. The lowest BCUT2D eigenvalue weighted by Gasteiger charge is -2.32. The molecule has 0 unspecified atom stereocenters. The van der Waals surface area contributed by atoms with Gasteiger partial charge >= 0.3 is 0 Å². The van der Waals surface area contributed by atoms with Crippen molar-refractivity contribution in [3.63, 3.8) is 0 Å². The number of amides is 1. The zero-order chi connectivity index (χ0) is 20.4. The van der Waals surface area contributed by atoms with Gasteiger partial charge in [0.15, 0.2) is 0 Å². The lowest BCUT2D eigenvalue weighted by Crippen LogP contribution is -2.42. The first-order chi connectivity index (χ1) is 14.0. The van der Waals surface area contributed by atoms with Crippen molar-refractivity contribution >= 4 is 11.7 Å². The molecule has 0 N–H and O–H groups in total. The fraction of sp³-hybridized carbons (Fsp3) is 0.429. The molecule has 4 rings (SSSR count). The third-order valence-electron chi connectivity index (χ3n) is 5.20. The average Bonchev–Trinajstić information content (AvgIpc) is 3.21. The van der Waals surface area contributed by atoms with E-state index in [1.54, 1.807) is 16.6 Å². The number of aromatic nitrogens is 4. The van der Waals surface area contributed by atoms with Crippen LogP contribution >= 0.6 is 0 Å². The Hall–Kier alpha value is -3.03. The van der Waals surface area contributed by atoms with E-state index in [1.165, 1.54) is 18.5 Å². The first kappa shape index (κ1) is 19.3. The van der Waals surface area contributed by atoms with Gasteiger partial charge in [0.1, 0.15) is 23.6 Å². The van der Waals surface area contributed by atoms with Gasteiger partial charge in [-0.15, -0.1) is 0 Å². The maximum Gasteiger partial charge on any atom is 0.272 e. The molecule has 1 fully saturated rings. The average molecular weight is 397 g/mol. The minimum absolute atomic E-state index is 0.0936. The third-order valence-corrected chi connectivity index (χ3v) is 5.20. The largest absolute Gasteiger partial charge is 0.493 e. The molecule has 152 valence electrons. The fourth-order valence-electron chi connectivity index (χ4n) is 3.65. The van der Waals surface area contributed by atoms with Crippen molar-refractivity contribution in [1.82, 2.24) is 24.5 Å². The van der Waals surface area contributed by atoms with E-state index in [1.807, 2.05) is 11.0 Å². The quantitative estimate of drug-likeness (QED) is 0.660. The summed E-state index contributed by atoms with van der Waals surface area (Å²) in [6, 6.07) is 7.81. The van der Waals surface area contributed by atoms with Crippen molar-refractivity contribution in [2.75, 3.05) is 19.7 Å². The van der Waals surface area contributed by atoms with E-state index in [2.05, 4.69) is 28.9 Å². The van der Waals surface area contributed by atoms with Crippen LogP contribution in [0.3, 0.4) is 0 Å². The standard InChI is InChI=1S/C21H24FN5O2/c1-14(2)19-10-18(25-21-23-13-24-27(19)21)20(28)26-9-3-4-15(11-26)12-29-17-7-5-16(22)6-8-17/h5-8,10,13-15H,3-4,9,11-12H2,1-2H3/t15-/m1/s1. The highest BCUT2D eigenvalue weighted by atomic mass is 19.1. The van der Waals surface area contributed by atoms with E-state index in [4.69, 9.17) is 4.74 Å². The number of likely N-dealkylation sites (tertiary alicyclic amines) is 1. The highest BCUT2D eigenvalue weighted by molar-refractivity contribution is 5.93. The van der Waals surface area contributed by atoms with E-state index in [0.717, 1.165) is 18.5 Å². The van der Waals surface area contributed by atoms with Crippen LogP contribution in [-0.2, 0) is 0 Å². The first-order valence-electron chi connectivity index (χ1n) is 9.89. The maximum absolute atomic E-state index is 13.1. The van der Waals surface area contributed by atoms with E-state index in [-0.39, 0.29) is 23.6 Å². The summed E-state index contributed by atoms with van der Waals surface area (Å²) in [5.74, 6) is 1.10. The van der Waals surface area contributed by atoms with Gasteiger partial charge in [0.2, 0.25) is 0 Å². The van der Waals surface area contributed by atoms with Crippen LogP contribution in [0, 0.1) is 11.7 Å². The van der Waals surface area contributed by atoms with E-state index >= 15 is 0 Å². The van der Waals surface area contributed by atoms with Gasteiger partial charge < -0.3 is 9.64 Å². The minimum atomic E-state index is -0.287. The van der Waals surface area contributed by atoms with Gasteiger partial charge in [0, 0.05) is 19.0 Å². The molecule has 1 amide bonds. The summed E-state index contributed by atoms with van der Waals surface area (Å²) in [5, 5.41) is 4.20. The number of hydrogen-bond donors (Lipinski definition) is 0. The number of ether oxygens (including phenoxy) is 1. The molecule has 29 heavy (non-hydrogen) atoms. The van der Waals surface area contributed by atoms with Gasteiger partial charge in [-0.3, -0.25) is 4.79 Å². The highest BCUT2D eigenvalue weighted by Gasteiger charge is 2.27. The SMILES string of the molecule is CC(C)c1cc(C(=O)N2CCC[C@@H](COc3ccc(F)cc3)C2)nc2ncnn12. The number of fused-ring (bicyclic) bond motifs is 1. The van der Waals surface area contributed by atoms with Crippen LogP contribution in [0.4, 0.5) is 4.39 Å². The van der Waals surface area contributed by atoms with Crippen LogP contribution in [0.5, 0.6) is 5.75 Å². The van der Waals surface area contributed by atoms with E-state index < -0.39 is 0 Å². The first-order valence-corrected chi connectivity index (χ1v) is 9.89. The Morgan fingerprint density at radius 3 is 2.86 bits per heavy atom. The van der Waals surface area contributed by atoms with Gasteiger partial charge in [-0.1, -0.05) is 13.8 Å². The van der Waals surface area contributed by atoms with Crippen LogP contribution in [-0.4, -0.2) is 50.1 Å². The number of halogens is 1. The molecular formula is C21H24FN5O2. The Labute approximate surface area is 168 Å². The molecule has 2 aromatic heterocycles. The summed E-state index contributed by atoms with van der Waals surface area (Å²) in [6.45, 7) is 5.89. The summed E-state index contributed by atoms with van der Waals surface area (Å²) in [5.41, 5.74) is 1.30. The van der Waals surface area contributed by atoms with Gasteiger partial charge in [0.25, 0.3) is 11.7 Å². The van der Waals surface area contributed by atoms with Crippen LogP contribution in [0.15, 0.2) is 36.7 Å². The minimum Gasteiger partial charge on any atom is -0.493 e. The molecular weight excluding hydrogens is 373 g/mol. The third kappa shape index (κ3) is 4.21. The Kier molecular flexibility index (Phi) is 5.42. The van der Waals surface area contributed by atoms with Gasteiger partial charge in [-0.2, -0.15) is 10.1 Å². The van der Waals surface area contributed by atoms with Crippen LogP contribution in [0.25, 0.3) is 5.78 Å². The predicted octanol–water partition coefficient (Wildman–Crippen LogP) is 3.32. The number of hydrogen-bond acceptors (Lipinski definition) is 5. The van der Waals surface area contributed by atoms with E-state index in [0.29, 0.717) is 36.9 Å². The van der Waals surface area contributed by atoms with Crippen molar-refractivity contribution < 1.29 is 13.9 Å². The normalized spacial score (nSPS) is 17.1. The van der Waals surface area contributed by atoms with Crippen molar-refractivity contribution in [2.24, 2.45) is 5.92 Å². The number of nitrogens with zero attached hydrogens (tertiary/aromatic N) is 5. The van der Waals surface area contributed by atoms with Gasteiger partial charge in [-0.25, -0.2) is 13.9 Å². The fourth-order valence-corrected chi connectivity index (χ4v) is 3.65. The lowest BCUT2D eigenvalue weighted by atomic mass is 9.98. The molecule has 0 spiro atoms. The molecule has 1 aliphatic heterocycles. The topological polar surface area (TPSA) is 72.6 Å². The Balaban J connectivity index is 1.46. The van der Waals surface area contributed by atoms with Crippen molar-refractivity contribution in [3.05, 3.63) is 53.9 Å². The molecule has 0 radical (unpaired) electrons. The second-order valence-corrected chi connectivity index (χ2v) is 7.72. The van der Waals surface area contributed by atoms with Crippen LogP contribution in [0.1, 0.15) is 48.8 Å². The lowest BCUT2D eigenvalue weighted by molar-refractivity contribution is 0.0627. The highest BCUT2D eigenvalue weighted by Crippen LogP contribution is 2.22. The summed E-state index contributed by atoms with van der Waals surface area (Å²) in [7, 11) is 0. The molecule has 0 aliphatic carbocycles. The number of piperidine rings is 1. The van der Waals surface area contributed by atoms with Crippen molar-refractivity contribution in [1.29, 1.82) is 0 Å². The number of carbonyl (C=O) groups excluding carboxylic acids is 1. The monoisotopic (exact) mass is 397 g/mol. The molecule has 1 saturated heterocycles. The van der Waals surface area contributed by atoms with Crippen molar-refractivity contribution in [2.45, 2.75) is 32.6 Å². The van der Waals surface area contributed by atoms with Gasteiger partial charge in [-0.05, 0) is 49.1 Å². The van der Waals surface area contributed by atoms with Gasteiger partial charge in [0.05, 0.1) is 12.3 Å². The molecule has 0 bridgehead atoms. The Morgan fingerprint density at radius 1 is 1.31 bits per heavy atom. The van der Waals surface area contributed by atoms with E-state index in [9.17, 15) is 9.18 Å². The molecule has 7 nitrogen and oxygen atoms in total. The second kappa shape index (κ2) is 8.14. The zero-order valence-corrected chi connectivity index (χ0v) is 16.6. The molecule has 1 atom stereocenters. The summed E-state index contributed by atoms with van der Waals surface area (Å²) in [4.78, 5) is 23.5. The molecule has 3 heterocycles. The molecule has 3 aromatic rings. The summed E-state index contributed by atoms with van der Waals surface area (Å²) >= 11 is 0. The summed E-state index contributed by atoms with van der Waals surface area (Å²) in [6.07, 6.45) is 3.35. The smallest absolute Gasteiger partial charge is 0.272 e. The maximum atomic E-state index is 13.1. The summed E-state index contributed by atoms with van der Waals surface area (Å²) < 4.78 is 20.5. The molecule has 0 saturated carbocycles. The number of rotatable bonds is 5. The predicted molar refractivity (Wildman–Crippen MR) is 105 cm³/mol. The number of carbonyl (C=O) groups is 1. The van der Waals surface area contributed by atoms with Crippen molar-refractivity contribution in [3.8, 4) is 5.75 Å². The number of benzene rings is 1. The molecule has 1 aliphatic rings. The van der Waals surface area contributed by atoms with Crippen LogP contribution in [0.2, 0.25) is 0 Å². The molecule has 1 aromatic carbocycles. The van der Waals surface area contributed by atoms with Crippen LogP contribution < -0.4 is 4.74 Å². The molecule has 8 heteroatoms. The zero-order valence-electron chi connectivity index (χ0n) is 16.6. The Morgan fingerprint density at radius 2 is 2.10 bits per heavy atom. The Bertz CT molecular complexity index is 1000.